The first-order valence-corrected chi connectivity index (χ1v) is 4.90. The SMILES string of the molecule is CCC(CO)NCC(C)(C)C(=O)OC. The molecule has 84 valence electrons. The predicted molar refractivity (Wildman–Crippen MR) is 55.0 cm³/mol. The molecule has 0 aliphatic rings. The van der Waals surface area contributed by atoms with Crippen LogP contribution in [0.4, 0.5) is 0 Å². The van der Waals surface area contributed by atoms with Gasteiger partial charge in [-0.1, -0.05) is 6.92 Å². The van der Waals surface area contributed by atoms with Gasteiger partial charge in [0.1, 0.15) is 0 Å². The number of carbonyl (C=O) groups is 1. The molecule has 0 radical (unpaired) electrons. The van der Waals surface area contributed by atoms with Crippen molar-refractivity contribution in [1.29, 1.82) is 0 Å². The van der Waals surface area contributed by atoms with E-state index < -0.39 is 5.41 Å². The van der Waals surface area contributed by atoms with E-state index in [2.05, 4.69) is 10.1 Å². The van der Waals surface area contributed by atoms with E-state index >= 15 is 0 Å². The van der Waals surface area contributed by atoms with Crippen LogP contribution >= 0.6 is 0 Å². The van der Waals surface area contributed by atoms with E-state index in [1.54, 1.807) is 0 Å². The molecule has 1 unspecified atom stereocenters. The molecule has 0 spiro atoms. The highest BCUT2D eigenvalue weighted by Crippen LogP contribution is 2.15. The minimum atomic E-state index is -0.544. The number of esters is 1. The van der Waals surface area contributed by atoms with Crippen LogP contribution in [0.3, 0.4) is 0 Å². The highest BCUT2D eigenvalue weighted by Gasteiger charge is 2.28. The molecule has 0 bridgehead atoms. The Morgan fingerprint density at radius 2 is 2.14 bits per heavy atom. The lowest BCUT2D eigenvalue weighted by molar-refractivity contribution is -0.150. The Balaban J connectivity index is 4.03. The standard InChI is InChI=1S/C10H21NO3/c1-5-8(6-12)11-7-10(2,3)9(13)14-4/h8,11-12H,5-7H2,1-4H3. The summed E-state index contributed by atoms with van der Waals surface area (Å²) in [7, 11) is 1.38. The summed E-state index contributed by atoms with van der Waals surface area (Å²) in [5.41, 5.74) is -0.544. The predicted octanol–water partition coefficient (Wildman–Crippen LogP) is 0.546. The maximum atomic E-state index is 11.3. The number of hydrogen-bond acceptors (Lipinski definition) is 4. The second kappa shape index (κ2) is 5.98. The minimum absolute atomic E-state index is 0.0546. The van der Waals surface area contributed by atoms with Gasteiger partial charge in [-0.05, 0) is 20.3 Å². The van der Waals surface area contributed by atoms with Crippen molar-refractivity contribution >= 4 is 5.97 Å². The van der Waals surface area contributed by atoms with Gasteiger partial charge in [-0.15, -0.1) is 0 Å². The van der Waals surface area contributed by atoms with E-state index in [0.29, 0.717) is 6.54 Å². The fraction of sp³-hybridized carbons (Fsp3) is 0.900. The summed E-state index contributed by atoms with van der Waals surface area (Å²) < 4.78 is 4.67. The Kier molecular flexibility index (Phi) is 5.72. The smallest absolute Gasteiger partial charge is 0.312 e. The molecule has 0 aromatic heterocycles. The summed E-state index contributed by atoms with van der Waals surface area (Å²) in [4.78, 5) is 11.3. The van der Waals surface area contributed by atoms with Crippen molar-refractivity contribution < 1.29 is 14.6 Å². The van der Waals surface area contributed by atoms with Crippen LogP contribution in [0.15, 0.2) is 0 Å². The molecular weight excluding hydrogens is 182 g/mol. The van der Waals surface area contributed by atoms with Crippen molar-refractivity contribution in [3.05, 3.63) is 0 Å². The molecule has 0 aromatic rings. The quantitative estimate of drug-likeness (QED) is 0.619. The molecule has 0 aliphatic carbocycles. The van der Waals surface area contributed by atoms with Crippen molar-refractivity contribution in [2.75, 3.05) is 20.3 Å². The normalized spacial score (nSPS) is 13.8. The highest BCUT2D eigenvalue weighted by molar-refractivity contribution is 5.76. The summed E-state index contributed by atoms with van der Waals surface area (Å²) in [5, 5.41) is 12.1. The molecule has 1 atom stereocenters. The lowest BCUT2D eigenvalue weighted by atomic mass is 9.93. The molecule has 0 saturated carbocycles. The van der Waals surface area contributed by atoms with Gasteiger partial charge in [0.25, 0.3) is 0 Å². The van der Waals surface area contributed by atoms with Crippen LogP contribution in [0.1, 0.15) is 27.2 Å². The van der Waals surface area contributed by atoms with Gasteiger partial charge in [0.15, 0.2) is 0 Å². The summed E-state index contributed by atoms with van der Waals surface area (Å²) in [6, 6.07) is 0.0546. The molecule has 0 amide bonds. The fourth-order valence-electron chi connectivity index (χ4n) is 1.09. The highest BCUT2D eigenvalue weighted by atomic mass is 16.5. The van der Waals surface area contributed by atoms with Crippen LogP contribution in [0, 0.1) is 5.41 Å². The molecule has 4 heteroatoms. The van der Waals surface area contributed by atoms with E-state index in [1.165, 1.54) is 7.11 Å². The number of ether oxygens (including phenoxy) is 1. The number of rotatable bonds is 6. The fourth-order valence-corrected chi connectivity index (χ4v) is 1.09. The topological polar surface area (TPSA) is 58.6 Å². The number of nitrogens with one attached hydrogen (secondary N) is 1. The van der Waals surface area contributed by atoms with Gasteiger partial charge < -0.3 is 15.2 Å². The van der Waals surface area contributed by atoms with Gasteiger partial charge in [0, 0.05) is 12.6 Å². The largest absolute Gasteiger partial charge is 0.469 e. The van der Waals surface area contributed by atoms with E-state index in [9.17, 15) is 4.79 Å². The van der Waals surface area contributed by atoms with Crippen molar-refractivity contribution in [1.82, 2.24) is 5.32 Å². The van der Waals surface area contributed by atoms with E-state index in [1.807, 2.05) is 20.8 Å². The van der Waals surface area contributed by atoms with Gasteiger partial charge in [-0.25, -0.2) is 0 Å². The molecule has 4 nitrogen and oxygen atoms in total. The molecule has 0 saturated heterocycles. The number of aliphatic hydroxyl groups is 1. The van der Waals surface area contributed by atoms with Crippen molar-refractivity contribution in [3.8, 4) is 0 Å². The minimum Gasteiger partial charge on any atom is -0.469 e. The Hall–Kier alpha value is -0.610. The molecule has 14 heavy (non-hydrogen) atoms. The molecule has 0 fully saturated rings. The summed E-state index contributed by atoms with van der Waals surface area (Å²) in [5.74, 6) is -0.238. The van der Waals surface area contributed by atoms with Gasteiger partial charge in [-0.3, -0.25) is 4.79 Å². The summed E-state index contributed by atoms with van der Waals surface area (Å²) >= 11 is 0. The first kappa shape index (κ1) is 13.4. The maximum absolute atomic E-state index is 11.3. The Morgan fingerprint density at radius 1 is 1.57 bits per heavy atom. The van der Waals surface area contributed by atoms with Crippen LogP contribution < -0.4 is 5.32 Å². The molecule has 0 aromatic carbocycles. The molecular formula is C10H21NO3. The zero-order chi connectivity index (χ0) is 11.2. The maximum Gasteiger partial charge on any atom is 0.312 e. The van der Waals surface area contributed by atoms with E-state index in [0.717, 1.165) is 6.42 Å². The molecule has 0 heterocycles. The van der Waals surface area contributed by atoms with Crippen LogP contribution in [0.25, 0.3) is 0 Å². The number of hydrogen-bond donors (Lipinski definition) is 2. The lowest BCUT2D eigenvalue weighted by Crippen LogP contribution is -2.42. The van der Waals surface area contributed by atoms with Gasteiger partial charge in [0.05, 0.1) is 19.1 Å². The first-order chi connectivity index (χ1) is 6.47. The number of carbonyl (C=O) groups excluding carboxylic acids is 1. The Morgan fingerprint density at radius 3 is 2.50 bits per heavy atom. The van der Waals surface area contributed by atoms with Crippen LogP contribution in [-0.2, 0) is 9.53 Å². The average Bonchev–Trinajstić information content (AvgIpc) is 2.18. The molecule has 0 aliphatic heterocycles. The summed E-state index contributed by atoms with van der Waals surface area (Å²) in [6.45, 7) is 6.22. The zero-order valence-electron chi connectivity index (χ0n) is 9.46. The van der Waals surface area contributed by atoms with Crippen LogP contribution in [0.2, 0.25) is 0 Å². The third kappa shape index (κ3) is 4.07. The molecule has 2 N–H and O–H groups in total. The van der Waals surface area contributed by atoms with Crippen LogP contribution in [-0.4, -0.2) is 37.4 Å². The monoisotopic (exact) mass is 203 g/mol. The van der Waals surface area contributed by atoms with Crippen molar-refractivity contribution in [3.63, 3.8) is 0 Å². The second-order valence-electron chi connectivity index (χ2n) is 4.04. The Labute approximate surface area is 85.6 Å². The number of aliphatic hydroxyl groups excluding tert-OH is 1. The second-order valence-corrected chi connectivity index (χ2v) is 4.04. The lowest BCUT2D eigenvalue weighted by Gasteiger charge is -2.24. The average molecular weight is 203 g/mol. The van der Waals surface area contributed by atoms with Gasteiger partial charge in [-0.2, -0.15) is 0 Å². The van der Waals surface area contributed by atoms with E-state index in [-0.39, 0.29) is 18.6 Å². The van der Waals surface area contributed by atoms with Crippen molar-refractivity contribution in [2.45, 2.75) is 33.2 Å². The number of methoxy groups -OCH3 is 1. The van der Waals surface area contributed by atoms with E-state index in [4.69, 9.17) is 5.11 Å². The van der Waals surface area contributed by atoms with Gasteiger partial charge >= 0.3 is 5.97 Å². The van der Waals surface area contributed by atoms with Gasteiger partial charge in [0.2, 0.25) is 0 Å². The van der Waals surface area contributed by atoms with Crippen molar-refractivity contribution in [2.24, 2.45) is 5.41 Å². The molecule has 0 rings (SSSR count). The third-order valence-electron chi connectivity index (χ3n) is 2.28. The zero-order valence-corrected chi connectivity index (χ0v) is 9.46. The summed E-state index contributed by atoms with van der Waals surface area (Å²) in [6.07, 6.45) is 0.841. The Bertz CT molecular complexity index is 176. The van der Waals surface area contributed by atoms with Crippen LogP contribution in [0.5, 0.6) is 0 Å². The first-order valence-electron chi connectivity index (χ1n) is 4.90. The third-order valence-corrected chi connectivity index (χ3v) is 2.28.